The van der Waals surface area contributed by atoms with Crippen molar-refractivity contribution in [3.8, 4) is 0 Å². The number of likely N-dealkylation sites (N-methyl/N-ethyl adjacent to an activating group) is 1. The lowest BCUT2D eigenvalue weighted by Gasteiger charge is -2.38. The average molecular weight is 540 g/mol. The lowest BCUT2D eigenvalue weighted by atomic mass is 9.90. The van der Waals surface area contributed by atoms with Crippen LogP contribution in [0.3, 0.4) is 0 Å². The molecule has 0 aliphatic carbocycles. The van der Waals surface area contributed by atoms with Crippen LogP contribution in [0.2, 0.25) is 0 Å². The Kier molecular flexibility index (Phi) is 10.6. The lowest BCUT2D eigenvalue weighted by Crippen LogP contribution is -2.59. The van der Waals surface area contributed by atoms with Gasteiger partial charge < -0.3 is 20.0 Å². The molecule has 0 spiro atoms. The van der Waals surface area contributed by atoms with E-state index in [1.807, 2.05) is 30.3 Å². The van der Waals surface area contributed by atoms with Gasteiger partial charge in [0.25, 0.3) is 17.6 Å². The average Bonchev–Trinajstić information content (AvgIpc) is 3.20. The monoisotopic (exact) mass is 539 g/mol. The molecule has 1 aliphatic rings. The summed E-state index contributed by atoms with van der Waals surface area (Å²) in [5.74, 6) is -0.712. The molecular weight excluding hydrogens is 500 g/mol. The van der Waals surface area contributed by atoms with Crippen LogP contribution >= 0.6 is 0 Å². The maximum Gasteiger partial charge on any atom is 0.281 e. The molecule has 1 atom stereocenters. The van der Waals surface area contributed by atoms with E-state index in [1.54, 1.807) is 45.2 Å². The molecule has 0 aromatic heterocycles. The molecule has 1 heterocycles. The Labute approximate surface area is 229 Å². The molecule has 0 bridgehead atoms. The van der Waals surface area contributed by atoms with Gasteiger partial charge >= 0.3 is 0 Å². The van der Waals surface area contributed by atoms with Crippen LogP contribution < -0.4 is 5.32 Å². The number of imide groups is 1. The van der Waals surface area contributed by atoms with Crippen LogP contribution in [0.4, 0.5) is 0 Å². The van der Waals surface area contributed by atoms with Crippen molar-refractivity contribution in [3.63, 3.8) is 0 Å². The first kappa shape index (κ1) is 29.8. The minimum absolute atomic E-state index is 0.115. The van der Waals surface area contributed by atoms with Crippen molar-refractivity contribution in [3.05, 3.63) is 71.3 Å². The highest BCUT2D eigenvalue weighted by molar-refractivity contribution is 6.23. The standard InChI is InChI=1S/C29H38N4O6/c1-22(32(38)21-23-11-5-4-6-12-23)30-16-10-9-15-29(2,28(37)31(3)17-19-39-20-18-34)33-26(35)24-13-7-8-14-25(24)27(33)36/h4-8,11-14,34,38H,9-10,15-21H2,1-3H3/p+1. The maximum atomic E-state index is 13.7. The van der Waals surface area contributed by atoms with Gasteiger partial charge in [-0.15, -0.1) is 0 Å². The molecule has 0 saturated heterocycles. The smallest absolute Gasteiger partial charge is 0.281 e. The van der Waals surface area contributed by atoms with Gasteiger partial charge in [-0.05, 0) is 43.9 Å². The molecule has 2 aromatic carbocycles. The molecule has 210 valence electrons. The van der Waals surface area contributed by atoms with E-state index in [0.717, 1.165) is 15.2 Å². The predicted octanol–water partition coefficient (Wildman–Crippen LogP) is 2.29. The topological polar surface area (TPSA) is 122 Å². The van der Waals surface area contributed by atoms with Crippen LogP contribution in [0.15, 0.2) is 54.6 Å². The highest BCUT2D eigenvalue weighted by atomic mass is 16.5. The predicted molar refractivity (Wildman–Crippen MR) is 146 cm³/mol. The van der Waals surface area contributed by atoms with Crippen LogP contribution in [0, 0.1) is 0 Å². The fourth-order valence-electron chi connectivity index (χ4n) is 4.66. The summed E-state index contributed by atoms with van der Waals surface area (Å²) in [4.78, 5) is 42.9. The zero-order valence-electron chi connectivity index (χ0n) is 22.9. The van der Waals surface area contributed by atoms with Crippen LogP contribution in [-0.2, 0) is 16.1 Å². The van der Waals surface area contributed by atoms with Crippen LogP contribution in [0.25, 0.3) is 0 Å². The molecule has 1 unspecified atom stereocenters. The van der Waals surface area contributed by atoms with E-state index in [2.05, 4.69) is 5.32 Å². The van der Waals surface area contributed by atoms with Gasteiger partial charge in [-0.2, -0.15) is 0 Å². The number of amides is 3. The van der Waals surface area contributed by atoms with E-state index in [4.69, 9.17) is 9.84 Å². The fourth-order valence-corrected chi connectivity index (χ4v) is 4.66. The van der Waals surface area contributed by atoms with Crippen molar-refractivity contribution in [1.82, 2.24) is 15.1 Å². The number of carbonyl (C=O) groups is 3. The van der Waals surface area contributed by atoms with E-state index in [-0.39, 0.29) is 38.7 Å². The highest BCUT2D eigenvalue weighted by Crippen LogP contribution is 2.33. The highest BCUT2D eigenvalue weighted by Gasteiger charge is 2.51. The summed E-state index contributed by atoms with van der Waals surface area (Å²) in [6.07, 6.45) is 1.47. The minimum Gasteiger partial charge on any atom is -0.394 e. The quantitative estimate of drug-likeness (QED) is 0.0640. The molecule has 3 N–H and O–H groups in total. The Bertz CT molecular complexity index is 1150. The zero-order valence-corrected chi connectivity index (χ0v) is 22.9. The number of amidine groups is 1. The van der Waals surface area contributed by atoms with E-state index in [0.29, 0.717) is 42.9 Å². The minimum atomic E-state index is -1.39. The molecule has 3 amide bonds. The number of unbranched alkanes of at least 4 members (excludes halogenated alkanes) is 1. The van der Waals surface area contributed by atoms with Gasteiger partial charge in [0.15, 0.2) is 6.54 Å². The summed E-state index contributed by atoms with van der Waals surface area (Å²) in [6, 6.07) is 16.2. The molecule has 2 aromatic rings. The SMILES string of the molecule is CC(NCCCCC(C)(C(=O)N(C)CCOCCO)N1C(=O)c2ccccc2C1=O)=[N+](O)Cc1ccccc1. The number of hydroxylamine groups is 1. The van der Waals surface area contributed by atoms with Gasteiger partial charge in [0.2, 0.25) is 5.91 Å². The number of ether oxygens (including phenoxy) is 1. The second kappa shape index (κ2) is 13.9. The molecule has 0 saturated carbocycles. The first-order valence-electron chi connectivity index (χ1n) is 13.2. The number of nitrogens with one attached hydrogen (secondary N) is 1. The summed E-state index contributed by atoms with van der Waals surface area (Å²) < 4.78 is 6.45. The van der Waals surface area contributed by atoms with Crippen LogP contribution in [0.5, 0.6) is 0 Å². The Morgan fingerprint density at radius 3 is 2.26 bits per heavy atom. The number of benzene rings is 2. The summed E-state index contributed by atoms with van der Waals surface area (Å²) >= 11 is 0. The number of fused-ring (bicyclic) bond motifs is 1. The van der Waals surface area contributed by atoms with Crippen molar-refractivity contribution in [2.75, 3.05) is 40.0 Å². The Morgan fingerprint density at radius 1 is 1.03 bits per heavy atom. The summed E-state index contributed by atoms with van der Waals surface area (Å²) in [6.45, 7) is 4.83. The van der Waals surface area contributed by atoms with Crippen LogP contribution in [-0.4, -0.2) is 93.9 Å². The van der Waals surface area contributed by atoms with Crippen molar-refractivity contribution in [2.24, 2.45) is 0 Å². The van der Waals surface area contributed by atoms with E-state index < -0.39 is 17.4 Å². The van der Waals surface area contributed by atoms with Crippen LogP contribution in [0.1, 0.15) is 59.4 Å². The molecule has 3 rings (SSSR count). The fraction of sp³-hybridized carbons (Fsp3) is 0.448. The zero-order chi connectivity index (χ0) is 28.4. The molecule has 0 fully saturated rings. The molecule has 0 radical (unpaired) electrons. The summed E-state index contributed by atoms with van der Waals surface area (Å²) in [5, 5.41) is 22.5. The number of rotatable bonds is 14. The van der Waals surface area contributed by atoms with Crippen molar-refractivity contribution < 1.29 is 34.2 Å². The third-order valence-electron chi connectivity index (χ3n) is 6.94. The van der Waals surface area contributed by atoms with Crippen molar-refractivity contribution >= 4 is 23.6 Å². The summed E-state index contributed by atoms with van der Waals surface area (Å²) in [5.41, 5.74) is 0.170. The van der Waals surface area contributed by atoms with E-state index >= 15 is 0 Å². The number of carbonyl (C=O) groups excluding carboxylic acids is 3. The first-order chi connectivity index (χ1) is 18.7. The van der Waals surface area contributed by atoms with Gasteiger partial charge in [0, 0.05) is 20.5 Å². The number of nitrogens with zero attached hydrogens (tertiary/aromatic N) is 3. The van der Waals surface area contributed by atoms with E-state index in [9.17, 15) is 19.6 Å². The second-order valence-electron chi connectivity index (χ2n) is 9.84. The third kappa shape index (κ3) is 7.21. The second-order valence-corrected chi connectivity index (χ2v) is 9.84. The Balaban J connectivity index is 1.67. The molecule has 10 heteroatoms. The number of hydrogen-bond donors (Lipinski definition) is 3. The first-order valence-corrected chi connectivity index (χ1v) is 13.2. The molecule has 1 aliphatic heterocycles. The number of aliphatic hydroxyl groups is 1. The Hall–Kier alpha value is -3.76. The van der Waals surface area contributed by atoms with Gasteiger partial charge in [0.1, 0.15) is 5.54 Å². The maximum absolute atomic E-state index is 13.7. The van der Waals surface area contributed by atoms with Gasteiger partial charge in [0.05, 0.1) is 37.5 Å². The lowest BCUT2D eigenvalue weighted by molar-refractivity contribution is -0.788. The molecule has 10 nitrogen and oxygen atoms in total. The molecular formula is C29H39N4O6+. The van der Waals surface area contributed by atoms with Gasteiger partial charge in [-0.25, -0.2) is 0 Å². The van der Waals surface area contributed by atoms with E-state index in [1.165, 1.54) is 4.90 Å². The van der Waals surface area contributed by atoms with Crippen molar-refractivity contribution in [2.45, 2.75) is 45.2 Å². The number of hydrogen-bond acceptors (Lipinski definition) is 6. The number of aliphatic hydroxyl groups excluding tert-OH is 1. The summed E-state index contributed by atoms with van der Waals surface area (Å²) in [7, 11) is 1.61. The van der Waals surface area contributed by atoms with Crippen molar-refractivity contribution in [1.29, 1.82) is 0 Å². The molecule has 39 heavy (non-hydrogen) atoms. The largest absolute Gasteiger partial charge is 0.394 e. The van der Waals surface area contributed by atoms with Gasteiger partial charge in [-0.3, -0.25) is 24.6 Å². The van der Waals surface area contributed by atoms with Gasteiger partial charge in [-0.1, -0.05) is 47.2 Å². The normalized spacial score (nSPS) is 15.0. The third-order valence-corrected chi connectivity index (χ3v) is 6.94. The Morgan fingerprint density at radius 2 is 1.64 bits per heavy atom.